The van der Waals surface area contributed by atoms with Gasteiger partial charge in [0.2, 0.25) is 5.91 Å². The largest absolute Gasteiger partial charge is 0.283 e. The van der Waals surface area contributed by atoms with E-state index in [2.05, 4.69) is 9.97 Å². The first-order valence-corrected chi connectivity index (χ1v) is 10.6. The van der Waals surface area contributed by atoms with Crippen molar-refractivity contribution in [2.75, 3.05) is 10.7 Å². The summed E-state index contributed by atoms with van der Waals surface area (Å²) in [5, 5.41) is 1.31. The quantitative estimate of drug-likeness (QED) is 0.342. The zero-order chi connectivity index (χ0) is 19.3. The topological polar surface area (TPSA) is 59.0 Å². The van der Waals surface area contributed by atoms with E-state index in [4.69, 9.17) is 4.98 Å². The normalized spacial score (nSPS) is 10.9. The van der Waals surface area contributed by atoms with Crippen molar-refractivity contribution in [3.05, 3.63) is 78.1 Å². The molecule has 1 amide bonds. The number of fused-ring (bicyclic) bond motifs is 1. The summed E-state index contributed by atoms with van der Waals surface area (Å²) >= 11 is 2.88. The third-order valence-corrected chi connectivity index (χ3v) is 6.10. The molecule has 0 spiro atoms. The minimum atomic E-state index is -0.0157. The van der Waals surface area contributed by atoms with Crippen molar-refractivity contribution in [1.29, 1.82) is 0 Å². The molecule has 0 aliphatic rings. The van der Waals surface area contributed by atoms with E-state index in [0.717, 1.165) is 21.3 Å². The van der Waals surface area contributed by atoms with E-state index < -0.39 is 0 Å². The van der Waals surface area contributed by atoms with Crippen LogP contribution in [0.15, 0.2) is 72.1 Å². The number of benzene rings is 2. The molecule has 2 aromatic carbocycles. The number of para-hydroxylation sites is 1. The Bertz CT molecular complexity index is 1080. The summed E-state index contributed by atoms with van der Waals surface area (Å²) in [4.78, 5) is 28.0. The second kappa shape index (κ2) is 8.50. The second-order valence-electron chi connectivity index (χ2n) is 6.20. The predicted molar refractivity (Wildman–Crippen MR) is 115 cm³/mol. The van der Waals surface area contributed by atoms with Gasteiger partial charge in [0.25, 0.3) is 0 Å². The minimum Gasteiger partial charge on any atom is -0.283 e. The van der Waals surface area contributed by atoms with Gasteiger partial charge >= 0.3 is 0 Å². The zero-order valence-corrected chi connectivity index (χ0v) is 16.9. The molecule has 0 bridgehead atoms. The summed E-state index contributed by atoms with van der Waals surface area (Å²) in [7, 11) is 0. The molecule has 2 heterocycles. The molecule has 4 rings (SSSR count). The van der Waals surface area contributed by atoms with Crippen molar-refractivity contribution < 1.29 is 4.79 Å². The lowest BCUT2D eigenvalue weighted by Gasteiger charge is -2.19. The van der Waals surface area contributed by atoms with Crippen molar-refractivity contribution >= 4 is 44.4 Å². The highest BCUT2D eigenvalue weighted by Gasteiger charge is 2.21. The Labute approximate surface area is 171 Å². The number of aromatic nitrogens is 3. The van der Waals surface area contributed by atoms with Gasteiger partial charge in [-0.05, 0) is 30.2 Å². The molecule has 0 atom stereocenters. The van der Waals surface area contributed by atoms with E-state index in [9.17, 15) is 4.79 Å². The van der Waals surface area contributed by atoms with Crippen LogP contribution in [0.1, 0.15) is 11.1 Å². The fourth-order valence-corrected chi connectivity index (χ4v) is 4.52. The standard InChI is InChI=1S/C21H18N4OS2/c1-15-7-5-10-17-19(15)24-21(28-17)25(13-16-8-3-2-4-9-16)18(26)14-27-20-22-11-6-12-23-20/h2-12H,13-14H2,1H3. The highest BCUT2D eigenvalue weighted by atomic mass is 32.2. The van der Waals surface area contributed by atoms with Gasteiger partial charge in [0.15, 0.2) is 10.3 Å². The van der Waals surface area contributed by atoms with E-state index in [-0.39, 0.29) is 11.7 Å². The molecule has 0 aliphatic carbocycles. The van der Waals surface area contributed by atoms with Gasteiger partial charge in [0, 0.05) is 12.4 Å². The van der Waals surface area contributed by atoms with Crippen molar-refractivity contribution in [3.8, 4) is 0 Å². The second-order valence-corrected chi connectivity index (χ2v) is 8.16. The third kappa shape index (κ3) is 4.21. The van der Waals surface area contributed by atoms with E-state index >= 15 is 0 Å². The van der Waals surface area contributed by atoms with Crippen molar-refractivity contribution in [2.45, 2.75) is 18.6 Å². The average Bonchev–Trinajstić information content (AvgIpc) is 3.17. The number of amides is 1. The molecule has 0 saturated heterocycles. The van der Waals surface area contributed by atoms with Crippen molar-refractivity contribution in [2.24, 2.45) is 0 Å². The summed E-state index contributed by atoms with van der Waals surface area (Å²) in [5.41, 5.74) is 3.12. The van der Waals surface area contributed by atoms with Crippen LogP contribution in [-0.4, -0.2) is 26.6 Å². The van der Waals surface area contributed by atoms with E-state index in [1.54, 1.807) is 34.7 Å². The van der Waals surface area contributed by atoms with Crippen LogP contribution in [0.3, 0.4) is 0 Å². The van der Waals surface area contributed by atoms with Gasteiger partial charge in [0.1, 0.15) is 0 Å². The van der Waals surface area contributed by atoms with E-state index in [0.29, 0.717) is 16.8 Å². The molecular formula is C21H18N4OS2. The summed E-state index contributed by atoms with van der Waals surface area (Å²) in [6.45, 7) is 2.52. The highest BCUT2D eigenvalue weighted by molar-refractivity contribution is 7.99. The molecule has 5 nitrogen and oxygen atoms in total. The number of rotatable bonds is 6. The Balaban J connectivity index is 1.62. The Kier molecular flexibility index (Phi) is 5.64. The first-order valence-electron chi connectivity index (χ1n) is 8.81. The van der Waals surface area contributed by atoms with E-state index in [1.807, 2.05) is 55.5 Å². The fourth-order valence-electron chi connectivity index (χ4n) is 2.78. The molecular weight excluding hydrogens is 388 g/mol. The number of thiazole rings is 1. The van der Waals surface area contributed by atoms with Gasteiger partial charge in [-0.25, -0.2) is 15.0 Å². The van der Waals surface area contributed by atoms with Crippen LogP contribution in [0.5, 0.6) is 0 Å². The number of nitrogens with zero attached hydrogens (tertiary/aromatic N) is 4. The molecule has 0 aliphatic heterocycles. The number of thioether (sulfide) groups is 1. The maximum Gasteiger partial charge on any atom is 0.239 e. The van der Waals surface area contributed by atoms with Crippen molar-refractivity contribution in [3.63, 3.8) is 0 Å². The predicted octanol–water partition coefficient (Wildman–Crippen LogP) is 4.72. The molecule has 0 N–H and O–H groups in total. The SMILES string of the molecule is Cc1cccc2sc(N(Cc3ccccc3)C(=O)CSc3ncccn3)nc12. The van der Waals surface area contributed by atoms with Crippen LogP contribution in [0.4, 0.5) is 5.13 Å². The number of hydrogen-bond donors (Lipinski definition) is 0. The number of anilines is 1. The smallest absolute Gasteiger partial charge is 0.239 e. The molecule has 0 saturated carbocycles. The van der Waals surface area contributed by atoms with Gasteiger partial charge in [0.05, 0.1) is 22.5 Å². The average molecular weight is 407 g/mol. The monoisotopic (exact) mass is 406 g/mol. The van der Waals surface area contributed by atoms with Gasteiger partial charge in [-0.2, -0.15) is 0 Å². The van der Waals surface area contributed by atoms with Crippen LogP contribution in [-0.2, 0) is 11.3 Å². The fraction of sp³-hybridized carbons (Fsp3) is 0.143. The van der Waals surface area contributed by atoms with Gasteiger partial charge in [-0.15, -0.1) is 0 Å². The molecule has 140 valence electrons. The maximum atomic E-state index is 13.1. The highest BCUT2D eigenvalue weighted by Crippen LogP contribution is 2.32. The molecule has 0 radical (unpaired) electrons. The van der Waals surface area contributed by atoms with Crippen LogP contribution >= 0.6 is 23.1 Å². The summed E-state index contributed by atoms with van der Waals surface area (Å²) in [6, 6.07) is 17.8. The molecule has 2 aromatic heterocycles. The van der Waals surface area contributed by atoms with Crippen LogP contribution in [0, 0.1) is 6.92 Å². The number of carbonyl (C=O) groups excluding carboxylic acids is 1. The molecule has 0 fully saturated rings. The Morgan fingerprint density at radius 1 is 1.04 bits per heavy atom. The molecule has 4 aromatic rings. The lowest BCUT2D eigenvalue weighted by molar-refractivity contribution is -0.116. The minimum absolute atomic E-state index is 0.0157. The summed E-state index contributed by atoms with van der Waals surface area (Å²) < 4.78 is 1.08. The lowest BCUT2D eigenvalue weighted by Crippen LogP contribution is -2.31. The van der Waals surface area contributed by atoms with E-state index in [1.165, 1.54) is 11.8 Å². The van der Waals surface area contributed by atoms with Crippen LogP contribution in [0.2, 0.25) is 0 Å². The Morgan fingerprint density at radius 2 is 1.82 bits per heavy atom. The summed E-state index contributed by atoms with van der Waals surface area (Å²) in [6.07, 6.45) is 3.36. The summed E-state index contributed by atoms with van der Waals surface area (Å²) in [5.74, 6) is 0.240. The molecule has 0 unspecified atom stereocenters. The number of aryl methyl sites for hydroxylation is 1. The van der Waals surface area contributed by atoms with Gasteiger partial charge in [-0.1, -0.05) is 65.6 Å². The number of hydrogen-bond acceptors (Lipinski definition) is 6. The number of carbonyl (C=O) groups is 1. The van der Waals surface area contributed by atoms with Crippen LogP contribution in [0.25, 0.3) is 10.2 Å². The third-order valence-electron chi connectivity index (χ3n) is 4.19. The maximum absolute atomic E-state index is 13.1. The zero-order valence-electron chi connectivity index (χ0n) is 15.3. The van der Waals surface area contributed by atoms with Gasteiger partial charge in [-0.3, -0.25) is 9.69 Å². The first-order chi connectivity index (χ1) is 13.7. The van der Waals surface area contributed by atoms with Crippen LogP contribution < -0.4 is 4.90 Å². The Morgan fingerprint density at radius 3 is 2.57 bits per heavy atom. The molecule has 28 heavy (non-hydrogen) atoms. The Hall–Kier alpha value is -2.77. The first kappa shape index (κ1) is 18.6. The van der Waals surface area contributed by atoms with Crippen molar-refractivity contribution in [1.82, 2.24) is 15.0 Å². The van der Waals surface area contributed by atoms with Gasteiger partial charge < -0.3 is 0 Å². The lowest BCUT2D eigenvalue weighted by atomic mass is 10.2. The molecule has 7 heteroatoms.